The number of rotatable bonds is 1. The van der Waals surface area contributed by atoms with Gasteiger partial charge < -0.3 is 5.32 Å². The summed E-state index contributed by atoms with van der Waals surface area (Å²) in [6, 6.07) is -0.146. The summed E-state index contributed by atoms with van der Waals surface area (Å²) in [5, 5.41) is 2.78. The largest absolute Gasteiger partial charge is 0.346 e. The summed E-state index contributed by atoms with van der Waals surface area (Å²) in [7, 11) is 0. The Morgan fingerprint density at radius 2 is 1.77 bits per heavy atom. The van der Waals surface area contributed by atoms with E-state index in [9.17, 15) is 9.59 Å². The molecule has 0 aromatic carbocycles. The molecule has 0 aromatic rings. The normalized spacial score (nSPS) is 30.6. The Morgan fingerprint density at radius 1 is 1.08 bits per heavy atom. The summed E-state index contributed by atoms with van der Waals surface area (Å²) in [5.41, 5.74) is 0. The monoisotopic (exact) mass is 181 g/mol. The van der Waals surface area contributed by atoms with E-state index >= 15 is 0 Å². The van der Waals surface area contributed by atoms with E-state index in [1.807, 2.05) is 0 Å². The SMILES string of the molecule is O=C1CC(=O)C(C2CCCCC2)N1. The van der Waals surface area contributed by atoms with Gasteiger partial charge in [0.05, 0.1) is 12.5 Å². The molecule has 1 aliphatic heterocycles. The highest BCUT2D eigenvalue weighted by Crippen LogP contribution is 2.28. The molecular weight excluding hydrogens is 166 g/mol. The molecule has 1 amide bonds. The minimum Gasteiger partial charge on any atom is -0.346 e. The fourth-order valence-electron chi connectivity index (χ4n) is 2.42. The maximum absolute atomic E-state index is 11.4. The van der Waals surface area contributed by atoms with Gasteiger partial charge in [0.25, 0.3) is 0 Å². The number of Topliss-reactive ketones (excluding diaryl/α,β-unsaturated/α-hetero) is 1. The molecule has 2 aliphatic rings. The Hall–Kier alpha value is -0.860. The van der Waals surface area contributed by atoms with Crippen molar-refractivity contribution in [2.24, 2.45) is 5.92 Å². The third kappa shape index (κ3) is 1.74. The zero-order valence-electron chi connectivity index (χ0n) is 7.71. The van der Waals surface area contributed by atoms with Crippen LogP contribution >= 0.6 is 0 Å². The lowest BCUT2D eigenvalue weighted by atomic mass is 9.83. The molecule has 1 heterocycles. The van der Waals surface area contributed by atoms with Crippen LogP contribution < -0.4 is 5.32 Å². The van der Waals surface area contributed by atoms with Gasteiger partial charge in [-0.3, -0.25) is 9.59 Å². The van der Waals surface area contributed by atoms with Gasteiger partial charge in [0.2, 0.25) is 5.91 Å². The maximum atomic E-state index is 11.4. The van der Waals surface area contributed by atoms with E-state index in [-0.39, 0.29) is 24.2 Å². The molecule has 1 saturated heterocycles. The van der Waals surface area contributed by atoms with Gasteiger partial charge in [-0.2, -0.15) is 0 Å². The number of carbonyl (C=O) groups excluding carboxylic acids is 2. The van der Waals surface area contributed by atoms with Crippen molar-refractivity contribution in [2.75, 3.05) is 0 Å². The van der Waals surface area contributed by atoms with Crippen LogP contribution in [0.1, 0.15) is 38.5 Å². The molecule has 13 heavy (non-hydrogen) atoms. The average Bonchev–Trinajstić information content (AvgIpc) is 2.47. The predicted molar refractivity (Wildman–Crippen MR) is 48.1 cm³/mol. The Labute approximate surface area is 77.9 Å². The van der Waals surface area contributed by atoms with E-state index in [1.165, 1.54) is 19.3 Å². The molecule has 0 aromatic heterocycles. The molecule has 1 N–H and O–H groups in total. The molecule has 72 valence electrons. The van der Waals surface area contributed by atoms with Crippen molar-refractivity contribution in [3.8, 4) is 0 Å². The van der Waals surface area contributed by atoms with Crippen LogP contribution in [0.25, 0.3) is 0 Å². The fourth-order valence-corrected chi connectivity index (χ4v) is 2.42. The molecule has 3 heteroatoms. The zero-order chi connectivity index (χ0) is 9.26. The molecule has 1 unspecified atom stereocenters. The Kier molecular flexibility index (Phi) is 2.34. The lowest BCUT2D eigenvalue weighted by Gasteiger charge is -2.25. The van der Waals surface area contributed by atoms with E-state index in [2.05, 4.69) is 5.32 Å². The van der Waals surface area contributed by atoms with Crippen LogP contribution in [-0.2, 0) is 9.59 Å². The average molecular weight is 181 g/mol. The van der Waals surface area contributed by atoms with E-state index in [1.54, 1.807) is 0 Å². The van der Waals surface area contributed by atoms with Gasteiger partial charge in [0.15, 0.2) is 5.78 Å². The highest BCUT2D eigenvalue weighted by atomic mass is 16.2. The van der Waals surface area contributed by atoms with Crippen LogP contribution in [-0.4, -0.2) is 17.7 Å². The van der Waals surface area contributed by atoms with Crippen LogP contribution in [0.5, 0.6) is 0 Å². The molecule has 1 aliphatic carbocycles. The number of amides is 1. The minimum atomic E-state index is -0.146. The third-order valence-corrected chi connectivity index (χ3v) is 3.12. The summed E-state index contributed by atoms with van der Waals surface area (Å²) in [4.78, 5) is 22.4. The highest BCUT2D eigenvalue weighted by Gasteiger charge is 2.36. The highest BCUT2D eigenvalue weighted by molar-refractivity contribution is 6.07. The maximum Gasteiger partial charge on any atom is 0.228 e. The second-order valence-corrected chi connectivity index (χ2v) is 4.09. The minimum absolute atomic E-state index is 0.0828. The molecule has 1 saturated carbocycles. The van der Waals surface area contributed by atoms with Crippen molar-refractivity contribution in [1.82, 2.24) is 5.32 Å². The third-order valence-electron chi connectivity index (χ3n) is 3.12. The summed E-state index contributed by atoms with van der Waals surface area (Å²) in [6.07, 6.45) is 6.04. The van der Waals surface area contributed by atoms with Crippen LogP contribution in [0.4, 0.5) is 0 Å². The summed E-state index contributed by atoms with van der Waals surface area (Å²) < 4.78 is 0. The van der Waals surface area contributed by atoms with Crippen molar-refractivity contribution < 1.29 is 9.59 Å². The number of hydrogen-bond donors (Lipinski definition) is 1. The lowest BCUT2D eigenvalue weighted by molar-refractivity contribution is -0.122. The van der Waals surface area contributed by atoms with E-state index in [4.69, 9.17) is 0 Å². The zero-order valence-corrected chi connectivity index (χ0v) is 7.71. The second-order valence-electron chi connectivity index (χ2n) is 4.09. The quantitative estimate of drug-likeness (QED) is 0.614. The first kappa shape index (κ1) is 8.73. The first-order chi connectivity index (χ1) is 6.27. The Morgan fingerprint density at radius 3 is 2.31 bits per heavy atom. The van der Waals surface area contributed by atoms with E-state index in [0.717, 1.165) is 12.8 Å². The number of hydrogen-bond acceptors (Lipinski definition) is 2. The number of ketones is 1. The van der Waals surface area contributed by atoms with Crippen LogP contribution in [0.15, 0.2) is 0 Å². The summed E-state index contributed by atoms with van der Waals surface area (Å²) >= 11 is 0. The van der Waals surface area contributed by atoms with Gasteiger partial charge in [-0.25, -0.2) is 0 Å². The Bertz CT molecular complexity index is 231. The van der Waals surface area contributed by atoms with Crippen molar-refractivity contribution in [1.29, 1.82) is 0 Å². The van der Waals surface area contributed by atoms with Gasteiger partial charge >= 0.3 is 0 Å². The molecule has 3 nitrogen and oxygen atoms in total. The van der Waals surface area contributed by atoms with Crippen molar-refractivity contribution in [3.05, 3.63) is 0 Å². The molecule has 0 bridgehead atoms. The van der Waals surface area contributed by atoms with E-state index in [0.29, 0.717) is 5.92 Å². The first-order valence-corrected chi connectivity index (χ1v) is 5.09. The van der Waals surface area contributed by atoms with Crippen molar-refractivity contribution in [3.63, 3.8) is 0 Å². The van der Waals surface area contributed by atoms with Gasteiger partial charge in [0.1, 0.15) is 0 Å². The first-order valence-electron chi connectivity index (χ1n) is 5.09. The number of carbonyl (C=O) groups is 2. The second kappa shape index (κ2) is 3.48. The van der Waals surface area contributed by atoms with Gasteiger partial charge in [0, 0.05) is 0 Å². The standard InChI is InChI=1S/C10H15NO2/c12-8-6-9(13)11-10(8)7-4-2-1-3-5-7/h7,10H,1-6H2,(H,11,13). The Balaban J connectivity index is 1.99. The predicted octanol–water partition coefficient (Wildman–Crippen LogP) is 1.02. The molecule has 0 radical (unpaired) electrons. The lowest BCUT2D eigenvalue weighted by Crippen LogP contribution is -2.37. The van der Waals surface area contributed by atoms with Gasteiger partial charge in [-0.1, -0.05) is 19.3 Å². The molecule has 0 spiro atoms. The van der Waals surface area contributed by atoms with Crippen molar-refractivity contribution in [2.45, 2.75) is 44.6 Å². The van der Waals surface area contributed by atoms with Crippen LogP contribution in [0, 0.1) is 5.92 Å². The van der Waals surface area contributed by atoms with Crippen LogP contribution in [0.3, 0.4) is 0 Å². The van der Waals surface area contributed by atoms with E-state index < -0.39 is 0 Å². The molecule has 2 fully saturated rings. The van der Waals surface area contributed by atoms with Crippen molar-refractivity contribution >= 4 is 11.7 Å². The topological polar surface area (TPSA) is 46.2 Å². The smallest absolute Gasteiger partial charge is 0.228 e. The van der Waals surface area contributed by atoms with Gasteiger partial charge in [-0.15, -0.1) is 0 Å². The summed E-state index contributed by atoms with van der Waals surface area (Å²) in [5.74, 6) is 0.449. The summed E-state index contributed by atoms with van der Waals surface area (Å²) in [6.45, 7) is 0. The number of nitrogens with one attached hydrogen (secondary N) is 1. The molecule has 2 rings (SSSR count). The molecule has 1 atom stereocenters. The fraction of sp³-hybridized carbons (Fsp3) is 0.800. The van der Waals surface area contributed by atoms with Crippen LogP contribution in [0.2, 0.25) is 0 Å². The molecular formula is C10H15NO2. The van der Waals surface area contributed by atoms with Gasteiger partial charge in [-0.05, 0) is 18.8 Å².